The molecule has 0 saturated carbocycles. The van der Waals surface area contributed by atoms with Gasteiger partial charge in [0.25, 0.3) is 0 Å². The highest BCUT2D eigenvalue weighted by atomic mass is 16.4. The average Bonchev–Trinajstić information content (AvgIpc) is 2.52. The van der Waals surface area contributed by atoms with Crippen molar-refractivity contribution in [2.45, 2.75) is 19.9 Å². The standard InChI is InChI=1S/C16H15N3O2/c1-2-14-7-13(16(20)21)8-15(19-14)18-10-12-5-3-4-11(6-12)9-17/h3-8H,2,10H2,1H3,(H,18,19)(H,20,21). The zero-order valence-electron chi connectivity index (χ0n) is 11.6. The number of hydrogen-bond acceptors (Lipinski definition) is 4. The van der Waals surface area contributed by atoms with E-state index in [1.165, 1.54) is 6.07 Å². The van der Waals surface area contributed by atoms with Gasteiger partial charge in [-0.1, -0.05) is 19.1 Å². The first kappa shape index (κ1) is 14.5. The molecule has 0 fully saturated rings. The second-order valence-electron chi connectivity index (χ2n) is 4.56. The Bertz CT molecular complexity index is 705. The summed E-state index contributed by atoms with van der Waals surface area (Å²) in [6.45, 7) is 2.41. The molecule has 1 aromatic heterocycles. The monoisotopic (exact) mass is 281 g/mol. The number of aromatic nitrogens is 1. The second kappa shape index (κ2) is 6.53. The molecule has 2 N–H and O–H groups in total. The zero-order valence-corrected chi connectivity index (χ0v) is 11.6. The van der Waals surface area contributed by atoms with Crippen molar-refractivity contribution in [2.24, 2.45) is 0 Å². The van der Waals surface area contributed by atoms with E-state index in [2.05, 4.69) is 16.4 Å². The molecule has 5 nitrogen and oxygen atoms in total. The first-order valence-corrected chi connectivity index (χ1v) is 6.59. The summed E-state index contributed by atoms with van der Waals surface area (Å²) in [5.41, 5.74) is 2.48. The van der Waals surface area contributed by atoms with Crippen LogP contribution in [0.25, 0.3) is 0 Å². The van der Waals surface area contributed by atoms with E-state index in [-0.39, 0.29) is 5.56 Å². The topological polar surface area (TPSA) is 86.0 Å². The summed E-state index contributed by atoms with van der Waals surface area (Å²) in [5, 5.41) is 21.1. The highest BCUT2D eigenvalue weighted by Gasteiger charge is 2.07. The Kier molecular flexibility index (Phi) is 4.52. The van der Waals surface area contributed by atoms with Crippen LogP contribution in [0.4, 0.5) is 5.82 Å². The van der Waals surface area contributed by atoms with E-state index in [9.17, 15) is 4.79 Å². The van der Waals surface area contributed by atoms with E-state index in [1.54, 1.807) is 18.2 Å². The largest absolute Gasteiger partial charge is 0.478 e. The van der Waals surface area contributed by atoms with E-state index >= 15 is 0 Å². The van der Waals surface area contributed by atoms with Gasteiger partial charge >= 0.3 is 5.97 Å². The van der Waals surface area contributed by atoms with Crippen LogP contribution in [-0.4, -0.2) is 16.1 Å². The fourth-order valence-electron chi connectivity index (χ4n) is 1.93. The van der Waals surface area contributed by atoms with E-state index in [0.717, 1.165) is 11.3 Å². The van der Waals surface area contributed by atoms with Crippen LogP contribution in [0, 0.1) is 11.3 Å². The Hall–Kier alpha value is -2.87. The lowest BCUT2D eigenvalue weighted by molar-refractivity contribution is 0.0696. The number of rotatable bonds is 5. The summed E-state index contributed by atoms with van der Waals surface area (Å²) in [6, 6.07) is 12.4. The van der Waals surface area contributed by atoms with Gasteiger partial charge in [0.15, 0.2) is 0 Å². The summed E-state index contributed by atoms with van der Waals surface area (Å²) in [6.07, 6.45) is 0.666. The lowest BCUT2D eigenvalue weighted by Crippen LogP contribution is -2.06. The third-order valence-electron chi connectivity index (χ3n) is 3.02. The highest BCUT2D eigenvalue weighted by molar-refractivity contribution is 5.88. The molecule has 0 spiro atoms. The molecule has 0 aliphatic carbocycles. The van der Waals surface area contributed by atoms with Crippen molar-refractivity contribution in [3.8, 4) is 6.07 Å². The Labute approximate surface area is 122 Å². The molecule has 2 rings (SSSR count). The molecule has 0 radical (unpaired) electrons. The number of nitrogens with one attached hydrogen (secondary N) is 1. The maximum Gasteiger partial charge on any atom is 0.335 e. The molecule has 0 unspecified atom stereocenters. The van der Waals surface area contributed by atoms with Gasteiger partial charge in [0.1, 0.15) is 5.82 Å². The van der Waals surface area contributed by atoms with Gasteiger partial charge in [-0.3, -0.25) is 0 Å². The van der Waals surface area contributed by atoms with Crippen LogP contribution in [0.1, 0.15) is 34.1 Å². The number of carboxylic acids is 1. The number of pyridine rings is 1. The number of aromatic carboxylic acids is 1. The van der Waals surface area contributed by atoms with Gasteiger partial charge in [-0.15, -0.1) is 0 Å². The van der Waals surface area contributed by atoms with E-state index in [1.807, 2.05) is 19.1 Å². The highest BCUT2D eigenvalue weighted by Crippen LogP contribution is 2.13. The lowest BCUT2D eigenvalue weighted by atomic mass is 10.1. The number of anilines is 1. The van der Waals surface area contributed by atoms with Crippen molar-refractivity contribution in [3.63, 3.8) is 0 Å². The molecular weight excluding hydrogens is 266 g/mol. The Morgan fingerprint density at radius 1 is 1.38 bits per heavy atom. The van der Waals surface area contributed by atoms with E-state index < -0.39 is 5.97 Å². The van der Waals surface area contributed by atoms with Crippen molar-refractivity contribution in [1.82, 2.24) is 4.98 Å². The maximum atomic E-state index is 11.1. The smallest absolute Gasteiger partial charge is 0.335 e. The summed E-state index contributed by atoms with van der Waals surface area (Å²) in [4.78, 5) is 15.4. The Morgan fingerprint density at radius 3 is 2.86 bits per heavy atom. The van der Waals surface area contributed by atoms with Crippen molar-refractivity contribution in [3.05, 3.63) is 58.8 Å². The van der Waals surface area contributed by atoms with Crippen LogP contribution in [0.15, 0.2) is 36.4 Å². The Balaban J connectivity index is 2.17. The van der Waals surface area contributed by atoms with Gasteiger partial charge in [0, 0.05) is 12.2 Å². The fourth-order valence-corrected chi connectivity index (χ4v) is 1.93. The molecule has 0 bridgehead atoms. The molecule has 2 aromatic rings. The zero-order chi connectivity index (χ0) is 15.2. The van der Waals surface area contributed by atoms with Gasteiger partial charge in [-0.25, -0.2) is 9.78 Å². The first-order chi connectivity index (χ1) is 10.1. The predicted molar refractivity (Wildman–Crippen MR) is 79.1 cm³/mol. The minimum Gasteiger partial charge on any atom is -0.478 e. The van der Waals surface area contributed by atoms with Gasteiger partial charge in [-0.05, 0) is 36.2 Å². The molecule has 0 saturated heterocycles. The van der Waals surface area contributed by atoms with Crippen LogP contribution in [0.3, 0.4) is 0 Å². The summed E-state index contributed by atoms with van der Waals surface area (Å²) in [7, 11) is 0. The molecule has 106 valence electrons. The molecule has 0 aliphatic heterocycles. The minimum atomic E-state index is -0.971. The number of carboxylic acid groups (broad SMARTS) is 1. The predicted octanol–water partition coefficient (Wildman–Crippen LogP) is 2.83. The quantitative estimate of drug-likeness (QED) is 0.880. The summed E-state index contributed by atoms with van der Waals surface area (Å²) < 4.78 is 0. The lowest BCUT2D eigenvalue weighted by Gasteiger charge is -2.09. The number of carbonyl (C=O) groups is 1. The second-order valence-corrected chi connectivity index (χ2v) is 4.56. The van der Waals surface area contributed by atoms with Crippen LogP contribution in [0.5, 0.6) is 0 Å². The van der Waals surface area contributed by atoms with E-state index in [4.69, 9.17) is 10.4 Å². The van der Waals surface area contributed by atoms with Crippen molar-refractivity contribution in [1.29, 1.82) is 5.26 Å². The molecular formula is C16H15N3O2. The SMILES string of the molecule is CCc1cc(C(=O)O)cc(NCc2cccc(C#N)c2)n1. The van der Waals surface area contributed by atoms with Crippen molar-refractivity contribution < 1.29 is 9.90 Å². The van der Waals surface area contributed by atoms with Gasteiger partial charge in [-0.2, -0.15) is 5.26 Å². The molecule has 1 aromatic carbocycles. The number of nitriles is 1. The van der Waals surface area contributed by atoms with Crippen LogP contribution >= 0.6 is 0 Å². The van der Waals surface area contributed by atoms with Crippen LogP contribution < -0.4 is 5.32 Å². The number of hydrogen-bond donors (Lipinski definition) is 2. The molecule has 5 heteroatoms. The molecule has 1 heterocycles. The number of aryl methyl sites for hydroxylation is 1. The van der Waals surface area contributed by atoms with Crippen LogP contribution in [-0.2, 0) is 13.0 Å². The molecule has 0 aliphatic rings. The maximum absolute atomic E-state index is 11.1. The number of benzene rings is 1. The first-order valence-electron chi connectivity index (χ1n) is 6.59. The Morgan fingerprint density at radius 2 is 2.19 bits per heavy atom. The number of nitrogens with zero attached hydrogens (tertiary/aromatic N) is 2. The molecule has 0 amide bonds. The normalized spacial score (nSPS) is 9.90. The summed E-state index contributed by atoms with van der Waals surface area (Å²) >= 11 is 0. The minimum absolute atomic E-state index is 0.218. The van der Waals surface area contributed by atoms with Crippen LogP contribution in [0.2, 0.25) is 0 Å². The third kappa shape index (κ3) is 3.80. The summed E-state index contributed by atoms with van der Waals surface area (Å²) in [5.74, 6) is -0.448. The average molecular weight is 281 g/mol. The van der Waals surface area contributed by atoms with Gasteiger partial charge < -0.3 is 10.4 Å². The van der Waals surface area contributed by atoms with Gasteiger partial charge in [0.2, 0.25) is 0 Å². The third-order valence-corrected chi connectivity index (χ3v) is 3.02. The van der Waals surface area contributed by atoms with E-state index in [0.29, 0.717) is 24.3 Å². The van der Waals surface area contributed by atoms with Crippen molar-refractivity contribution >= 4 is 11.8 Å². The van der Waals surface area contributed by atoms with Gasteiger partial charge in [0.05, 0.1) is 17.2 Å². The van der Waals surface area contributed by atoms with Crippen molar-refractivity contribution in [2.75, 3.05) is 5.32 Å². The fraction of sp³-hybridized carbons (Fsp3) is 0.188. The molecule has 21 heavy (non-hydrogen) atoms. The molecule has 0 atom stereocenters.